The molecule has 5 heteroatoms. The van der Waals surface area contributed by atoms with Gasteiger partial charge in [0.05, 0.1) is 23.6 Å². The summed E-state index contributed by atoms with van der Waals surface area (Å²) in [5.74, 6) is 1.26. The van der Waals surface area contributed by atoms with Gasteiger partial charge in [-0.15, -0.1) is 0 Å². The summed E-state index contributed by atoms with van der Waals surface area (Å²) in [6.45, 7) is 4.59. The summed E-state index contributed by atoms with van der Waals surface area (Å²) in [6.07, 6.45) is 0. The van der Waals surface area contributed by atoms with Crippen LogP contribution in [0.4, 0.5) is 11.6 Å². The number of ether oxygens (including phenoxy) is 1. The molecule has 2 aromatic heterocycles. The number of hydrogen-bond donors (Lipinski definition) is 1. The van der Waals surface area contributed by atoms with E-state index in [9.17, 15) is 4.79 Å². The molecule has 0 unspecified atom stereocenters. The Morgan fingerprint density at radius 2 is 1.78 bits per heavy atom. The first-order valence-electron chi connectivity index (χ1n) is 10.7. The van der Waals surface area contributed by atoms with E-state index in [2.05, 4.69) is 5.32 Å². The summed E-state index contributed by atoms with van der Waals surface area (Å²) in [6, 6.07) is 23.6. The van der Waals surface area contributed by atoms with E-state index < -0.39 is 0 Å². The topological polar surface area (TPSA) is 56.4 Å². The van der Waals surface area contributed by atoms with Gasteiger partial charge in [-0.2, -0.15) is 0 Å². The van der Waals surface area contributed by atoms with Gasteiger partial charge in [0.25, 0.3) is 5.56 Å². The quantitative estimate of drug-likeness (QED) is 0.350. The highest BCUT2D eigenvalue weighted by Crippen LogP contribution is 2.42. The minimum absolute atomic E-state index is 0.0689. The number of pyridine rings is 1. The van der Waals surface area contributed by atoms with Gasteiger partial charge in [-0.1, -0.05) is 42.5 Å². The number of hydrogen-bond acceptors (Lipinski definition) is 4. The molecular formula is C27H24N2O3. The standard InChI is InChI=1S/C27H24N2O3/c1-4-29-22-15-8-6-13-20(22)25-24(27(29)30)23(18-11-9-12-19(16-18)31-3)26(32-25)28-21-14-7-5-10-17(21)2/h5-16,28H,4H2,1-3H3. The largest absolute Gasteiger partial charge is 0.497 e. The van der Waals surface area contributed by atoms with Crippen molar-refractivity contribution in [2.45, 2.75) is 20.4 Å². The summed E-state index contributed by atoms with van der Waals surface area (Å²) in [5, 5.41) is 4.91. The van der Waals surface area contributed by atoms with Gasteiger partial charge in [0.15, 0.2) is 5.58 Å². The number of nitrogens with one attached hydrogen (secondary N) is 1. The van der Waals surface area contributed by atoms with Crippen LogP contribution in [0.2, 0.25) is 0 Å². The maximum Gasteiger partial charge on any atom is 0.262 e. The van der Waals surface area contributed by atoms with E-state index in [1.54, 1.807) is 11.7 Å². The lowest BCUT2D eigenvalue weighted by molar-refractivity contribution is 0.415. The molecule has 0 bridgehead atoms. The fourth-order valence-corrected chi connectivity index (χ4v) is 4.26. The van der Waals surface area contributed by atoms with E-state index in [1.807, 2.05) is 86.6 Å². The maximum atomic E-state index is 13.7. The van der Waals surface area contributed by atoms with Gasteiger partial charge in [0.2, 0.25) is 5.88 Å². The molecule has 5 nitrogen and oxygen atoms in total. The minimum atomic E-state index is -0.0689. The zero-order chi connectivity index (χ0) is 22.2. The molecule has 0 radical (unpaired) electrons. The van der Waals surface area contributed by atoms with E-state index >= 15 is 0 Å². The second-order valence-corrected chi connectivity index (χ2v) is 7.75. The molecule has 0 saturated heterocycles. The van der Waals surface area contributed by atoms with Crippen molar-refractivity contribution in [1.29, 1.82) is 0 Å². The van der Waals surface area contributed by atoms with Crippen molar-refractivity contribution in [3.05, 3.63) is 88.7 Å². The van der Waals surface area contributed by atoms with Crippen LogP contribution < -0.4 is 15.6 Å². The van der Waals surface area contributed by atoms with Gasteiger partial charge in [-0.3, -0.25) is 4.79 Å². The molecule has 0 amide bonds. The molecule has 1 N–H and O–H groups in total. The van der Waals surface area contributed by atoms with Crippen LogP contribution in [0.5, 0.6) is 5.75 Å². The second kappa shape index (κ2) is 7.93. The summed E-state index contributed by atoms with van der Waals surface area (Å²) in [7, 11) is 1.64. The molecule has 0 atom stereocenters. The Bertz CT molecular complexity index is 1510. The van der Waals surface area contributed by atoms with Gasteiger partial charge >= 0.3 is 0 Å². The first-order valence-corrected chi connectivity index (χ1v) is 10.7. The summed E-state index contributed by atoms with van der Waals surface area (Å²) in [5.41, 5.74) is 4.98. The fraction of sp³-hybridized carbons (Fsp3) is 0.148. The van der Waals surface area contributed by atoms with E-state index in [0.717, 1.165) is 39.0 Å². The van der Waals surface area contributed by atoms with Crippen molar-refractivity contribution < 1.29 is 9.15 Å². The van der Waals surface area contributed by atoms with Gasteiger partial charge in [-0.05, 0) is 55.3 Å². The van der Waals surface area contributed by atoms with Crippen LogP contribution in [0.25, 0.3) is 33.0 Å². The fourth-order valence-electron chi connectivity index (χ4n) is 4.26. The molecule has 32 heavy (non-hydrogen) atoms. The first-order chi connectivity index (χ1) is 15.6. The second-order valence-electron chi connectivity index (χ2n) is 7.75. The molecule has 5 rings (SSSR count). The molecule has 2 heterocycles. The number of para-hydroxylation sites is 2. The van der Waals surface area contributed by atoms with Crippen molar-refractivity contribution in [2.75, 3.05) is 12.4 Å². The van der Waals surface area contributed by atoms with Crippen LogP contribution >= 0.6 is 0 Å². The molecule has 0 aliphatic heterocycles. The maximum absolute atomic E-state index is 13.7. The Morgan fingerprint density at radius 3 is 2.56 bits per heavy atom. The van der Waals surface area contributed by atoms with Crippen LogP contribution in [-0.4, -0.2) is 11.7 Å². The van der Waals surface area contributed by atoms with Crippen LogP contribution in [0, 0.1) is 6.92 Å². The summed E-state index contributed by atoms with van der Waals surface area (Å²) >= 11 is 0. The number of benzene rings is 3. The van der Waals surface area contributed by atoms with Gasteiger partial charge in [-0.25, -0.2) is 0 Å². The van der Waals surface area contributed by atoms with Crippen molar-refractivity contribution in [3.63, 3.8) is 0 Å². The number of rotatable bonds is 5. The molecule has 160 valence electrons. The highest BCUT2D eigenvalue weighted by Gasteiger charge is 2.23. The third-order valence-electron chi connectivity index (χ3n) is 5.87. The summed E-state index contributed by atoms with van der Waals surface area (Å²) < 4.78 is 13.7. The van der Waals surface area contributed by atoms with Gasteiger partial charge in [0, 0.05) is 17.6 Å². The third kappa shape index (κ3) is 3.14. The van der Waals surface area contributed by atoms with E-state index in [0.29, 0.717) is 23.4 Å². The lowest BCUT2D eigenvalue weighted by Gasteiger charge is -2.10. The average Bonchev–Trinajstić information content (AvgIpc) is 3.20. The Labute approximate surface area is 185 Å². The highest BCUT2D eigenvalue weighted by atomic mass is 16.5. The monoisotopic (exact) mass is 424 g/mol. The molecular weight excluding hydrogens is 400 g/mol. The molecule has 0 aliphatic carbocycles. The van der Waals surface area contributed by atoms with Crippen LogP contribution in [0.1, 0.15) is 12.5 Å². The number of aromatic nitrogens is 1. The smallest absolute Gasteiger partial charge is 0.262 e. The SMILES string of the molecule is CCn1c(=O)c2c(-c3cccc(OC)c3)c(Nc3ccccc3C)oc2c2ccccc21. The number of nitrogens with zero attached hydrogens (tertiary/aromatic N) is 1. The van der Waals surface area contributed by atoms with Crippen LogP contribution in [0.3, 0.4) is 0 Å². The Kier molecular flexibility index (Phi) is 4.94. The molecule has 5 aromatic rings. The number of furan rings is 1. The van der Waals surface area contributed by atoms with Crippen molar-refractivity contribution >= 4 is 33.4 Å². The lowest BCUT2D eigenvalue weighted by atomic mass is 10.0. The zero-order valence-electron chi connectivity index (χ0n) is 18.3. The van der Waals surface area contributed by atoms with Crippen molar-refractivity contribution in [1.82, 2.24) is 4.57 Å². The minimum Gasteiger partial charge on any atom is -0.497 e. The number of fused-ring (bicyclic) bond motifs is 3. The molecule has 0 aliphatic rings. The van der Waals surface area contributed by atoms with E-state index in [1.165, 1.54) is 0 Å². The van der Waals surface area contributed by atoms with E-state index in [-0.39, 0.29) is 5.56 Å². The lowest BCUT2D eigenvalue weighted by Crippen LogP contribution is -2.19. The first kappa shape index (κ1) is 19.9. The molecule has 0 fully saturated rings. The third-order valence-corrected chi connectivity index (χ3v) is 5.87. The Balaban J connectivity index is 1.90. The molecule has 0 spiro atoms. The normalized spacial score (nSPS) is 11.2. The van der Waals surface area contributed by atoms with Crippen LogP contribution in [-0.2, 0) is 6.54 Å². The number of aryl methyl sites for hydroxylation is 2. The molecule has 0 saturated carbocycles. The van der Waals surface area contributed by atoms with E-state index in [4.69, 9.17) is 9.15 Å². The predicted molar refractivity (Wildman–Crippen MR) is 130 cm³/mol. The highest BCUT2D eigenvalue weighted by molar-refractivity contribution is 6.11. The molecule has 3 aromatic carbocycles. The van der Waals surface area contributed by atoms with Crippen LogP contribution in [0.15, 0.2) is 82.0 Å². The van der Waals surface area contributed by atoms with Crippen molar-refractivity contribution in [2.24, 2.45) is 0 Å². The van der Waals surface area contributed by atoms with Crippen molar-refractivity contribution in [3.8, 4) is 16.9 Å². The van der Waals surface area contributed by atoms with Gasteiger partial charge < -0.3 is 19.0 Å². The zero-order valence-corrected chi connectivity index (χ0v) is 18.3. The van der Waals surface area contributed by atoms with Gasteiger partial charge in [0.1, 0.15) is 5.75 Å². The Morgan fingerprint density at radius 1 is 1.00 bits per heavy atom. The number of methoxy groups -OCH3 is 1. The summed E-state index contributed by atoms with van der Waals surface area (Å²) in [4.78, 5) is 13.7. The Hall–Kier alpha value is -3.99. The predicted octanol–water partition coefficient (Wildman–Crippen LogP) is 6.50. The average molecular weight is 425 g/mol. The number of anilines is 2.